The fourth-order valence-corrected chi connectivity index (χ4v) is 4.75. The second-order valence-electron chi connectivity index (χ2n) is 6.82. The van der Waals surface area contributed by atoms with Crippen molar-refractivity contribution in [2.75, 3.05) is 26.2 Å². The molecule has 3 heterocycles. The quantitative estimate of drug-likeness (QED) is 0.761. The molecule has 1 aromatic heterocycles. The van der Waals surface area contributed by atoms with Gasteiger partial charge in [-0.2, -0.15) is 0 Å². The zero-order valence-electron chi connectivity index (χ0n) is 15.7. The standard InChI is InChI=1S/C21H23N3O3S/c1-2-27-20(25)16-12-22-21(26)23-17(16)13-24-10-8-18-15(9-11-28-18)19(24)14-6-4-3-5-7-14/h3-7,9,11,19H,2,8,10,12-13H2,1H3,(H2,22,23,26). The van der Waals surface area contributed by atoms with E-state index in [1.54, 1.807) is 18.3 Å². The van der Waals surface area contributed by atoms with E-state index in [0.29, 0.717) is 24.4 Å². The number of carbonyl (C=O) groups excluding carboxylic acids is 2. The van der Waals surface area contributed by atoms with Gasteiger partial charge in [0, 0.05) is 23.7 Å². The van der Waals surface area contributed by atoms with Crippen LogP contribution in [0.2, 0.25) is 0 Å². The molecule has 7 heteroatoms. The van der Waals surface area contributed by atoms with Gasteiger partial charge >= 0.3 is 12.0 Å². The number of urea groups is 1. The van der Waals surface area contributed by atoms with Gasteiger partial charge in [-0.3, -0.25) is 4.90 Å². The number of nitrogens with zero attached hydrogens (tertiary/aromatic N) is 1. The third-order valence-electron chi connectivity index (χ3n) is 5.12. The van der Waals surface area contributed by atoms with Crippen molar-refractivity contribution in [3.8, 4) is 0 Å². The molecular weight excluding hydrogens is 374 g/mol. The number of carbonyl (C=O) groups is 2. The van der Waals surface area contributed by atoms with Crippen LogP contribution in [0.3, 0.4) is 0 Å². The average Bonchev–Trinajstić information content (AvgIpc) is 3.17. The summed E-state index contributed by atoms with van der Waals surface area (Å²) < 4.78 is 5.19. The van der Waals surface area contributed by atoms with E-state index in [4.69, 9.17) is 4.74 Å². The van der Waals surface area contributed by atoms with Crippen LogP contribution in [0.1, 0.15) is 29.0 Å². The highest BCUT2D eigenvalue weighted by molar-refractivity contribution is 7.10. The van der Waals surface area contributed by atoms with Crippen LogP contribution in [0.4, 0.5) is 4.79 Å². The van der Waals surface area contributed by atoms with Crippen LogP contribution in [-0.2, 0) is 16.0 Å². The van der Waals surface area contributed by atoms with Gasteiger partial charge in [0.2, 0.25) is 0 Å². The molecule has 28 heavy (non-hydrogen) atoms. The molecular formula is C21H23N3O3S. The summed E-state index contributed by atoms with van der Waals surface area (Å²) in [5.41, 5.74) is 3.63. The van der Waals surface area contributed by atoms with Crippen LogP contribution in [0.5, 0.6) is 0 Å². The monoisotopic (exact) mass is 397 g/mol. The minimum atomic E-state index is -0.380. The molecule has 1 unspecified atom stereocenters. The number of rotatable bonds is 5. The van der Waals surface area contributed by atoms with Crippen molar-refractivity contribution >= 4 is 23.3 Å². The molecule has 0 saturated heterocycles. The Kier molecular flexibility index (Phi) is 5.45. The fraction of sp³-hybridized carbons (Fsp3) is 0.333. The van der Waals surface area contributed by atoms with Crippen LogP contribution >= 0.6 is 11.3 Å². The van der Waals surface area contributed by atoms with Gasteiger partial charge in [0.25, 0.3) is 0 Å². The number of benzene rings is 1. The van der Waals surface area contributed by atoms with Crippen molar-refractivity contribution in [1.82, 2.24) is 15.5 Å². The Labute approximate surface area is 168 Å². The van der Waals surface area contributed by atoms with Crippen molar-refractivity contribution in [3.05, 3.63) is 69.1 Å². The molecule has 0 fully saturated rings. The van der Waals surface area contributed by atoms with Gasteiger partial charge in [0.15, 0.2) is 0 Å². The molecule has 4 rings (SSSR count). The third kappa shape index (κ3) is 3.68. The number of nitrogens with one attached hydrogen (secondary N) is 2. The minimum Gasteiger partial charge on any atom is -0.463 e. The second-order valence-corrected chi connectivity index (χ2v) is 7.82. The second kappa shape index (κ2) is 8.16. The summed E-state index contributed by atoms with van der Waals surface area (Å²) in [5.74, 6) is -0.380. The number of fused-ring (bicyclic) bond motifs is 1. The number of ether oxygens (including phenoxy) is 1. The molecule has 2 N–H and O–H groups in total. The first-order valence-electron chi connectivity index (χ1n) is 9.46. The van der Waals surface area contributed by atoms with Crippen LogP contribution in [0.25, 0.3) is 0 Å². The Hall–Kier alpha value is -2.64. The summed E-state index contributed by atoms with van der Waals surface area (Å²) in [6, 6.07) is 12.4. The van der Waals surface area contributed by atoms with Crippen LogP contribution in [-0.4, -0.2) is 43.1 Å². The largest absolute Gasteiger partial charge is 0.463 e. The maximum atomic E-state index is 12.4. The molecule has 2 aromatic rings. The third-order valence-corrected chi connectivity index (χ3v) is 6.11. The van der Waals surface area contributed by atoms with Crippen molar-refractivity contribution in [3.63, 3.8) is 0 Å². The smallest absolute Gasteiger partial charge is 0.337 e. The summed E-state index contributed by atoms with van der Waals surface area (Å²) in [6.07, 6.45) is 0.963. The van der Waals surface area contributed by atoms with E-state index in [0.717, 1.165) is 13.0 Å². The van der Waals surface area contributed by atoms with Gasteiger partial charge < -0.3 is 15.4 Å². The summed E-state index contributed by atoms with van der Waals surface area (Å²) in [6.45, 7) is 3.61. The molecule has 0 spiro atoms. The Balaban J connectivity index is 1.68. The first-order valence-corrected chi connectivity index (χ1v) is 10.3. The summed E-state index contributed by atoms with van der Waals surface area (Å²) in [4.78, 5) is 28.0. The molecule has 146 valence electrons. The first-order chi connectivity index (χ1) is 13.7. The van der Waals surface area contributed by atoms with Gasteiger partial charge in [-0.05, 0) is 35.9 Å². The van der Waals surface area contributed by atoms with Gasteiger partial charge in [-0.15, -0.1) is 11.3 Å². The molecule has 1 aromatic carbocycles. The number of amides is 2. The maximum absolute atomic E-state index is 12.4. The lowest BCUT2D eigenvalue weighted by Crippen LogP contribution is -2.48. The molecule has 0 radical (unpaired) electrons. The SMILES string of the molecule is CCOC(=O)C1=C(CN2CCc3sccc3C2c2ccccc2)NC(=O)NC1. The van der Waals surface area contributed by atoms with Gasteiger partial charge in [-0.25, -0.2) is 9.59 Å². The van der Waals surface area contributed by atoms with E-state index in [1.165, 1.54) is 16.0 Å². The lowest BCUT2D eigenvalue weighted by atomic mass is 9.93. The Morgan fingerprint density at radius 2 is 2.11 bits per heavy atom. The lowest BCUT2D eigenvalue weighted by Gasteiger charge is -2.37. The molecule has 6 nitrogen and oxygen atoms in total. The summed E-state index contributed by atoms with van der Waals surface area (Å²) in [5, 5.41) is 7.64. The Bertz CT molecular complexity index is 907. The van der Waals surface area contributed by atoms with Crippen LogP contribution in [0, 0.1) is 0 Å². The summed E-state index contributed by atoms with van der Waals surface area (Å²) in [7, 11) is 0. The number of thiophene rings is 1. The molecule has 2 aliphatic heterocycles. The highest BCUT2D eigenvalue weighted by Crippen LogP contribution is 2.38. The highest BCUT2D eigenvalue weighted by Gasteiger charge is 2.32. The molecule has 2 amide bonds. The highest BCUT2D eigenvalue weighted by atomic mass is 32.1. The average molecular weight is 398 g/mol. The van der Waals surface area contributed by atoms with Crippen LogP contribution in [0.15, 0.2) is 53.0 Å². The van der Waals surface area contributed by atoms with Gasteiger partial charge in [-0.1, -0.05) is 30.3 Å². The Morgan fingerprint density at radius 1 is 1.29 bits per heavy atom. The number of hydrogen-bond acceptors (Lipinski definition) is 5. The predicted molar refractivity (Wildman–Crippen MR) is 108 cm³/mol. The van der Waals surface area contributed by atoms with Crippen molar-refractivity contribution in [1.29, 1.82) is 0 Å². The van der Waals surface area contributed by atoms with Crippen molar-refractivity contribution in [2.45, 2.75) is 19.4 Å². The number of esters is 1. The van der Waals surface area contributed by atoms with Gasteiger partial charge in [0.05, 0.1) is 24.8 Å². The topological polar surface area (TPSA) is 70.7 Å². The van der Waals surface area contributed by atoms with E-state index in [-0.39, 0.29) is 24.6 Å². The fourth-order valence-electron chi connectivity index (χ4n) is 3.85. The van der Waals surface area contributed by atoms with Crippen LogP contribution < -0.4 is 10.6 Å². The predicted octanol–water partition coefficient (Wildman–Crippen LogP) is 2.83. The van der Waals surface area contributed by atoms with Crippen molar-refractivity contribution in [2.24, 2.45) is 0 Å². The normalized spacial score (nSPS) is 19.6. The van der Waals surface area contributed by atoms with E-state index >= 15 is 0 Å². The molecule has 0 bridgehead atoms. The summed E-state index contributed by atoms with van der Waals surface area (Å²) >= 11 is 1.79. The zero-order chi connectivity index (χ0) is 19.5. The first kappa shape index (κ1) is 18.7. The zero-order valence-corrected chi connectivity index (χ0v) is 16.6. The molecule has 0 aliphatic carbocycles. The van der Waals surface area contributed by atoms with E-state index in [1.807, 2.05) is 18.2 Å². The van der Waals surface area contributed by atoms with E-state index in [2.05, 4.69) is 39.1 Å². The van der Waals surface area contributed by atoms with Gasteiger partial charge in [0.1, 0.15) is 0 Å². The molecule has 0 saturated carbocycles. The minimum absolute atomic E-state index is 0.0962. The molecule has 2 aliphatic rings. The van der Waals surface area contributed by atoms with E-state index < -0.39 is 0 Å². The Morgan fingerprint density at radius 3 is 2.89 bits per heavy atom. The lowest BCUT2D eigenvalue weighted by molar-refractivity contribution is -0.138. The maximum Gasteiger partial charge on any atom is 0.337 e. The molecule has 1 atom stereocenters. The van der Waals surface area contributed by atoms with Crippen molar-refractivity contribution < 1.29 is 14.3 Å². The van der Waals surface area contributed by atoms with E-state index in [9.17, 15) is 9.59 Å². The number of hydrogen-bond donors (Lipinski definition) is 2.